The maximum absolute atomic E-state index is 12.2. The topological polar surface area (TPSA) is 67.9 Å². The van der Waals surface area contributed by atoms with Crippen molar-refractivity contribution >= 4 is 11.9 Å². The summed E-state index contributed by atoms with van der Waals surface area (Å²) in [5, 5.41) is 0. The van der Waals surface area contributed by atoms with Crippen molar-refractivity contribution in [2.45, 2.75) is 19.4 Å². The van der Waals surface area contributed by atoms with Crippen LogP contribution < -0.4 is 10.5 Å². The van der Waals surface area contributed by atoms with Crippen molar-refractivity contribution in [2.75, 3.05) is 14.2 Å². The molecule has 0 bridgehead atoms. The molecule has 0 spiro atoms. The number of nitrogens with zero attached hydrogens (tertiary/aromatic N) is 2. The van der Waals surface area contributed by atoms with Gasteiger partial charge in [0.1, 0.15) is 5.75 Å². The number of hydrogen-bond acceptors (Lipinski definition) is 4. The molecule has 1 unspecified atom stereocenters. The van der Waals surface area contributed by atoms with Crippen LogP contribution in [0.2, 0.25) is 0 Å². The van der Waals surface area contributed by atoms with E-state index in [1.807, 2.05) is 25.1 Å². The number of hydrogen-bond donors (Lipinski definition) is 1. The fourth-order valence-electron chi connectivity index (χ4n) is 2.15. The van der Waals surface area contributed by atoms with Crippen molar-refractivity contribution in [3.63, 3.8) is 0 Å². The Balaban J connectivity index is 2.49. The van der Waals surface area contributed by atoms with Crippen molar-refractivity contribution < 1.29 is 9.53 Å². The molecule has 1 aromatic rings. The summed E-state index contributed by atoms with van der Waals surface area (Å²) in [6.45, 7) is 3.70. The van der Waals surface area contributed by atoms with E-state index >= 15 is 0 Å². The number of guanidine groups is 1. The molecule has 1 aromatic carbocycles. The fraction of sp³-hybridized carbons (Fsp3) is 0.385. The van der Waals surface area contributed by atoms with Crippen LogP contribution in [-0.4, -0.2) is 30.9 Å². The van der Waals surface area contributed by atoms with Gasteiger partial charge in [0.25, 0.3) is 5.91 Å². The molecule has 0 aromatic heterocycles. The lowest BCUT2D eigenvalue weighted by Gasteiger charge is -2.21. The van der Waals surface area contributed by atoms with Crippen molar-refractivity contribution in [2.24, 2.45) is 10.7 Å². The maximum atomic E-state index is 12.2. The number of aliphatic imine (C=N–C) groups is 1. The Labute approximate surface area is 106 Å². The lowest BCUT2D eigenvalue weighted by Crippen LogP contribution is -2.38. The van der Waals surface area contributed by atoms with Gasteiger partial charge in [-0.2, -0.15) is 0 Å². The van der Waals surface area contributed by atoms with Gasteiger partial charge >= 0.3 is 0 Å². The molecule has 1 aliphatic rings. The Morgan fingerprint density at radius 1 is 1.44 bits per heavy atom. The SMILES string of the molecule is COc1ccc(C2(C)N=C(N)N(C)C2=O)cc1C. The molecule has 0 fully saturated rings. The first-order chi connectivity index (χ1) is 8.40. The molecule has 0 aliphatic carbocycles. The molecule has 1 heterocycles. The lowest BCUT2D eigenvalue weighted by atomic mass is 9.91. The van der Waals surface area contributed by atoms with Crippen LogP contribution in [0.1, 0.15) is 18.1 Å². The smallest absolute Gasteiger partial charge is 0.261 e. The van der Waals surface area contributed by atoms with Crippen LogP contribution in [0, 0.1) is 6.92 Å². The molecule has 96 valence electrons. The summed E-state index contributed by atoms with van der Waals surface area (Å²) >= 11 is 0. The van der Waals surface area contributed by atoms with Gasteiger partial charge in [0.05, 0.1) is 7.11 Å². The molecule has 2 N–H and O–H groups in total. The van der Waals surface area contributed by atoms with Gasteiger partial charge in [0, 0.05) is 7.05 Å². The van der Waals surface area contributed by atoms with Crippen LogP contribution in [0.3, 0.4) is 0 Å². The van der Waals surface area contributed by atoms with Crippen molar-refractivity contribution in [1.82, 2.24) is 4.90 Å². The Morgan fingerprint density at radius 2 is 2.11 bits per heavy atom. The van der Waals surface area contributed by atoms with E-state index in [9.17, 15) is 4.79 Å². The second kappa shape index (κ2) is 4.01. The van der Waals surface area contributed by atoms with Crippen LogP contribution in [0.25, 0.3) is 0 Å². The van der Waals surface area contributed by atoms with Crippen LogP contribution in [0.15, 0.2) is 23.2 Å². The Bertz CT molecular complexity index is 539. The van der Waals surface area contributed by atoms with Gasteiger partial charge in [-0.1, -0.05) is 6.07 Å². The van der Waals surface area contributed by atoms with E-state index in [2.05, 4.69) is 4.99 Å². The highest BCUT2D eigenvalue weighted by atomic mass is 16.5. The van der Waals surface area contributed by atoms with Crippen LogP contribution in [-0.2, 0) is 10.3 Å². The zero-order valence-electron chi connectivity index (χ0n) is 11.0. The predicted molar refractivity (Wildman–Crippen MR) is 69.5 cm³/mol. The lowest BCUT2D eigenvalue weighted by molar-refractivity contribution is -0.130. The van der Waals surface area contributed by atoms with E-state index < -0.39 is 5.54 Å². The number of rotatable bonds is 2. The molecule has 0 radical (unpaired) electrons. The van der Waals surface area contributed by atoms with E-state index in [-0.39, 0.29) is 11.9 Å². The van der Waals surface area contributed by atoms with Gasteiger partial charge in [0.15, 0.2) is 11.5 Å². The molecule has 0 saturated carbocycles. The van der Waals surface area contributed by atoms with Gasteiger partial charge in [-0.3, -0.25) is 9.69 Å². The minimum atomic E-state index is -0.935. The molecular formula is C13H17N3O2. The number of methoxy groups -OCH3 is 1. The number of carbonyl (C=O) groups is 1. The Hall–Kier alpha value is -2.04. The van der Waals surface area contributed by atoms with E-state index in [0.717, 1.165) is 16.9 Å². The predicted octanol–water partition coefficient (Wildman–Crippen LogP) is 1.01. The molecule has 0 saturated heterocycles. The Kier molecular flexibility index (Phi) is 2.77. The zero-order chi connectivity index (χ0) is 13.5. The first-order valence-corrected chi connectivity index (χ1v) is 5.68. The number of likely N-dealkylation sites (N-methyl/N-ethyl adjacent to an activating group) is 1. The second-order valence-corrected chi connectivity index (χ2v) is 4.59. The third-order valence-corrected chi connectivity index (χ3v) is 3.36. The van der Waals surface area contributed by atoms with Crippen molar-refractivity contribution in [3.8, 4) is 5.75 Å². The van der Waals surface area contributed by atoms with Gasteiger partial charge in [-0.05, 0) is 37.1 Å². The number of amides is 1. The standard InChI is InChI=1S/C13H17N3O2/c1-8-7-9(5-6-10(8)18-4)13(2)11(17)16(3)12(14)15-13/h5-7H,1-4H3,(H2,14,15). The van der Waals surface area contributed by atoms with Crippen LogP contribution in [0.5, 0.6) is 5.75 Å². The monoisotopic (exact) mass is 247 g/mol. The Morgan fingerprint density at radius 3 is 2.56 bits per heavy atom. The van der Waals surface area contributed by atoms with Gasteiger partial charge in [0.2, 0.25) is 0 Å². The average Bonchev–Trinajstić information content (AvgIpc) is 2.54. The molecule has 5 nitrogen and oxygen atoms in total. The summed E-state index contributed by atoms with van der Waals surface area (Å²) < 4.78 is 5.21. The molecule has 1 amide bonds. The highest BCUT2D eigenvalue weighted by Gasteiger charge is 2.43. The maximum Gasteiger partial charge on any atom is 0.261 e. The fourth-order valence-corrected chi connectivity index (χ4v) is 2.15. The van der Waals surface area contributed by atoms with Gasteiger partial charge in [-0.25, -0.2) is 4.99 Å². The molecule has 2 rings (SSSR count). The number of ether oxygens (including phenoxy) is 1. The summed E-state index contributed by atoms with van der Waals surface area (Å²) in [6, 6.07) is 5.60. The normalized spacial score (nSPS) is 23.2. The number of aryl methyl sites for hydroxylation is 1. The number of nitrogens with two attached hydrogens (primary N) is 1. The van der Waals surface area contributed by atoms with E-state index in [4.69, 9.17) is 10.5 Å². The third-order valence-electron chi connectivity index (χ3n) is 3.36. The minimum Gasteiger partial charge on any atom is -0.496 e. The molecule has 1 aliphatic heterocycles. The van der Waals surface area contributed by atoms with Crippen molar-refractivity contribution in [3.05, 3.63) is 29.3 Å². The average molecular weight is 247 g/mol. The van der Waals surface area contributed by atoms with Crippen molar-refractivity contribution in [1.29, 1.82) is 0 Å². The number of benzene rings is 1. The van der Waals surface area contributed by atoms with Gasteiger partial charge < -0.3 is 10.5 Å². The highest BCUT2D eigenvalue weighted by molar-refractivity contribution is 6.06. The number of carbonyl (C=O) groups excluding carboxylic acids is 1. The molecule has 5 heteroatoms. The van der Waals surface area contributed by atoms with E-state index in [1.54, 1.807) is 21.1 Å². The van der Waals surface area contributed by atoms with Crippen LogP contribution in [0.4, 0.5) is 0 Å². The third kappa shape index (κ3) is 1.63. The summed E-state index contributed by atoms with van der Waals surface area (Å²) in [4.78, 5) is 17.9. The minimum absolute atomic E-state index is 0.121. The zero-order valence-corrected chi connectivity index (χ0v) is 11.0. The second-order valence-electron chi connectivity index (χ2n) is 4.59. The quantitative estimate of drug-likeness (QED) is 0.848. The van der Waals surface area contributed by atoms with Crippen LogP contribution >= 0.6 is 0 Å². The summed E-state index contributed by atoms with van der Waals surface area (Å²) in [7, 11) is 3.25. The first kappa shape index (κ1) is 12.4. The van der Waals surface area contributed by atoms with Gasteiger partial charge in [-0.15, -0.1) is 0 Å². The largest absolute Gasteiger partial charge is 0.496 e. The highest BCUT2D eigenvalue weighted by Crippen LogP contribution is 2.34. The molecular weight excluding hydrogens is 230 g/mol. The summed E-state index contributed by atoms with van der Waals surface area (Å²) in [5.41, 5.74) is 6.55. The summed E-state index contributed by atoms with van der Waals surface area (Å²) in [6.07, 6.45) is 0. The first-order valence-electron chi connectivity index (χ1n) is 5.68. The molecule has 1 atom stereocenters. The summed E-state index contributed by atoms with van der Waals surface area (Å²) in [5.74, 6) is 0.915. The van der Waals surface area contributed by atoms with E-state index in [0.29, 0.717) is 0 Å². The van der Waals surface area contributed by atoms with E-state index in [1.165, 1.54) is 4.90 Å². The molecule has 18 heavy (non-hydrogen) atoms.